The second kappa shape index (κ2) is 7.11. The number of rotatable bonds is 3. The van der Waals surface area contributed by atoms with Crippen LogP contribution in [0.3, 0.4) is 0 Å². The molecule has 0 saturated carbocycles. The van der Waals surface area contributed by atoms with Crippen molar-refractivity contribution in [1.29, 1.82) is 0 Å². The minimum absolute atomic E-state index is 0.344. The fraction of sp³-hybridized carbons (Fsp3) is 0.263. The molecule has 2 aromatic carbocycles. The van der Waals surface area contributed by atoms with E-state index < -0.39 is 23.8 Å². The summed E-state index contributed by atoms with van der Waals surface area (Å²) in [5.41, 5.74) is 2.16. The summed E-state index contributed by atoms with van der Waals surface area (Å²) in [6, 6.07) is 6.07. The van der Waals surface area contributed by atoms with Gasteiger partial charge in [0.2, 0.25) is 0 Å². The highest BCUT2D eigenvalue weighted by molar-refractivity contribution is 6.05. The number of hydrogen-bond acceptors (Lipinski definition) is 2. The molecule has 1 unspecified atom stereocenters. The van der Waals surface area contributed by atoms with Gasteiger partial charge in [-0.1, -0.05) is 0 Å². The van der Waals surface area contributed by atoms with E-state index >= 15 is 0 Å². The molecule has 1 atom stereocenters. The van der Waals surface area contributed by atoms with Gasteiger partial charge < -0.3 is 16.0 Å². The molecule has 0 heterocycles. The van der Waals surface area contributed by atoms with Crippen molar-refractivity contribution < 1.29 is 18.4 Å². The molecule has 0 fully saturated rings. The van der Waals surface area contributed by atoms with Gasteiger partial charge in [-0.2, -0.15) is 0 Å². The number of nitrogens with one attached hydrogen (secondary N) is 3. The molecule has 136 valence electrons. The molecule has 26 heavy (non-hydrogen) atoms. The van der Waals surface area contributed by atoms with E-state index in [1.54, 1.807) is 6.92 Å². The van der Waals surface area contributed by atoms with E-state index in [0.29, 0.717) is 40.8 Å². The Kier molecular flexibility index (Phi) is 4.88. The molecule has 3 rings (SSSR count). The third kappa shape index (κ3) is 3.37. The molecule has 0 bridgehead atoms. The standard InChI is InChI=1S/C19H19F2N3O2/c1-10-9-11(3-6-14(10)20)23-18(25)13-4-7-15(21)17-12(13)5-8-16(17)24-19(26)22-2/h3-4,6-7,9,16H,5,8H2,1-2H3,(H,23,25)(H2,22,24,26). The molecule has 2 aromatic rings. The van der Waals surface area contributed by atoms with Crippen molar-refractivity contribution in [1.82, 2.24) is 10.6 Å². The van der Waals surface area contributed by atoms with Crippen LogP contribution in [0, 0.1) is 18.6 Å². The fourth-order valence-corrected chi connectivity index (χ4v) is 3.22. The zero-order valence-corrected chi connectivity index (χ0v) is 14.5. The molecule has 3 amide bonds. The third-order valence-corrected chi connectivity index (χ3v) is 4.53. The Morgan fingerprint density at radius 1 is 1.12 bits per heavy atom. The molecule has 0 saturated heterocycles. The molecule has 0 radical (unpaired) electrons. The molecule has 3 N–H and O–H groups in total. The lowest BCUT2D eigenvalue weighted by Crippen LogP contribution is -2.35. The van der Waals surface area contributed by atoms with Gasteiger partial charge in [-0.3, -0.25) is 4.79 Å². The average Bonchev–Trinajstić information content (AvgIpc) is 3.02. The van der Waals surface area contributed by atoms with Crippen LogP contribution >= 0.6 is 0 Å². The molecule has 1 aliphatic carbocycles. The quantitative estimate of drug-likeness (QED) is 0.786. The van der Waals surface area contributed by atoms with Gasteiger partial charge in [-0.25, -0.2) is 13.6 Å². The maximum atomic E-state index is 14.3. The second-order valence-corrected chi connectivity index (χ2v) is 6.22. The van der Waals surface area contributed by atoms with Crippen molar-refractivity contribution >= 4 is 17.6 Å². The number of carbonyl (C=O) groups is 2. The lowest BCUT2D eigenvalue weighted by atomic mass is 10.0. The van der Waals surface area contributed by atoms with Crippen LogP contribution < -0.4 is 16.0 Å². The minimum atomic E-state index is -0.481. The predicted octanol–water partition coefficient (Wildman–Crippen LogP) is 3.44. The first-order valence-electron chi connectivity index (χ1n) is 8.27. The molecule has 0 aromatic heterocycles. The molecule has 1 aliphatic rings. The van der Waals surface area contributed by atoms with Gasteiger partial charge in [0.25, 0.3) is 5.91 Å². The van der Waals surface area contributed by atoms with Gasteiger partial charge in [0.1, 0.15) is 11.6 Å². The Balaban J connectivity index is 1.88. The Morgan fingerprint density at radius 3 is 2.54 bits per heavy atom. The van der Waals surface area contributed by atoms with Crippen molar-refractivity contribution in [3.63, 3.8) is 0 Å². The Morgan fingerprint density at radius 2 is 1.85 bits per heavy atom. The summed E-state index contributed by atoms with van der Waals surface area (Å²) in [7, 11) is 1.48. The lowest BCUT2D eigenvalue weighted by molar-refractivity contribution is 0.102. The zero-order chi connectivity index (χ0) is 18.8. The summed E-state index contributed by atoms with van der Waals surface area (Å²) < 4.78 is 27.7. The summed E-state index contributed by atoms with van der Waals surface area (Å²) in [6.07, 6.45) is 0.993. The number of urea groups is 1. The Labute approximate surface area is 149 Å². The number of hydrogen-bond donors (Lipinski definition) is 3. The molecule has 0 aliphatic heterocycles. The van der Waals surface area contributed by atoms with E-state index in [-0.39, 0.29) is 5.82 Å². The summed E-state index contributed by atoms with van der Waals surface area (Å²) in [5.74, 6) is -1.20. The normalized spacial score (nSPS) is 15.3. The minimum Gasteiger partial charge on any atom is -0.341 e. The molecule has 0 spiro atoms. The SMILES string of the molecule is CNC(=O)NC1CCc2c(C(=O)Nc3ccc(F)c(C)c3)ccc(F)c21. The van der Waals surface area contributed by atoms with Gasteiger partial charge in [0.05, 0.1) is 6.04 Å². The number of aryl methyl sites for hydroxylation is 1. The van der Waals surface area contributed by atoms with Crippen LogP contribution in [0.15, 0.2) is 30.3 Å². The van der Waals surface area contributed by atoms with Gasteiger partial charge in [0.15, 0.2) is 0 Å². The van der Waals surface area contributed by atoms with Gasteiger partial charge in [0, 0.05) is 23.9 Å². The molecular formula is C19H19F2N3O2. The van der Waals surface area contributed by atoms with Crippen molar-refractivity contribution in [2.45, 2.75) is 25.8 Å². The van der Waals surface area contributed by atoms with Gasteiger partial charge >= 0.3 is 6.03 Å². The predicted molar refractivity (Wildman–Crippen MR) is 94.1 cm³/mol. The number of halogens is 2. The number of fused-ring (bicyclic) bond motifs is 1. The number of amides is 3. The van der Waals surface area contributed by atoms with Crippen LogP contribution in [0.2, 0.25) is 0 Å². The van der Waals surface area contributed by atoms with E-state index in [4.69, 9.17) is 0 Å². The largest absolute Gasteiger partial charge is 0.341 e. The molecule has 5 nitrogen and oxygen atoms in total. The first kappa shape index (κ1) is 17.8. The Hall–Kier alpha value is -2.96. The van der Waals surface area contributed by atoms with E-state index in [2.05, 4.69) is 16.0 Å². The van der Waals surface area contributed by atoms with Crippen LogP contribution in [0.25, 0.3) is 0 Å². The van der Waals surface area contributed by atoms with E-state index in [9.17, 15) is 18.4 Å². The maximum Gasteiger partial charge on any atom is 0.315 e. The highest BCUT2D eigenvalue weighted by atomic mass is 19.1. The van der Waals surface area contributed by atoms with Crippen LogP contribution in [-0.2, 0) is 6.42 Å². The Bertz CT molecular complexity index is 883. The molecule has 7 heteroatoms. The summed E-state index contributed by atoms with van der Waals surface area (Å²) in [6.45, 7) is 1.61. The van der Waals surface area contributed by atoms with Crippen molar-refractivity contribution in [3.8, 4) is 0 Å². The topological polar surface area (TPSA) is 70.2 Å². The van der Waals surface area contributed by atoms with Crippen molar-refractivity contribution in [3.05, 3.63) is 64.2 Å². The first-order valence-corrected chi connectivity index (χ1v) is 8.27. The monoisotopic (exact) mass is 359 g/mol. The van der Waals surface area contributed by atoms with Gasteiger partial charge in [-0.05, 0) is 61.2 Å². The number of benzene rings is 2. The van der Waals surface area contributed by atoms with Crippen LogP contribution in [-0.4, -0.2) is 19.0 Å². The molecular weight excluding hydrogens is 340 g/mol. The highest BCUT2D eigenvalue weighted by Gasteiger charge is 2.30. The van der Waals surface area contributed by atoms with Crippen LogP contribution in [0.4, 0.5) is 19.3 Å². The highest BCUT2D eigenvalue weighted by Crippen LogP contribution is 2.35. The van der Waals surface area contributed by atoms with Crippen molar-refractivity contribution in [2.24, 2.45) is 0 Å². The number of anilines is 1. The van der Waals surface area contributed by atoms with E-state index in [0.717, 1.165) is 0 Å². The summed E-state index contributed by atoms with van der Waals surface area (Å²) in [5, 5.41) is 7.85. The van der Waals surface area contributed by atoms with E-state index in [1.807, 2.05) is 0 Å². The van der Waals surface area contributed by atoms with Crippen LogP contribution in [0.5, 0.6) is 0 Å². The second-order valence-electron chi connectivity index (χ2n) is 6.22. The van der Waals surface area contributed by atoms with E-state index in [1.165, 1.54) is 37.4 Å². The lowest BCUT2D eigenvalue weighted by Gasteiger charge is -2.15. The summed E-state index contributed by atoms with van der Waals surface area (Å²) in [4.78, 5) is 24.2. The van der Waals surface area contributed by atoms with Gasteiger partial charge in [-0.15, -0.1) is 0 Å². The van der Waals surface area contributed by atoms with Crippen molar-refractivity contribution in [2.75, 3.05) is 12.4 Å². The first-order chi connectivity index (χ1) is 12.4. The maximum absolute atomic E-state index is 14.3. The fourth-order valence-electron chi connectivity index (χ4n) is 3.22. The van der Waals surface area contributed by atoms with Crippen LogP contribution in [0.1, 0.15) is 39.5 Å². The summed E-state index contributed by atoms with van der Waals surface area (Å²) >= 11 is 0. The average molecular weight is 359 g/mol. The zero-order valence-electron chi connectivity index (χ0n) is 14.5. The number of carbonyl (C=O) groups excluding carboxylic acids is 2. The third-order valence-electron chi connectivity index (χ3n) is 4.53. The smallest absolute Gasteiger partial charge is 0.315 e.